The molecule has 4 heteroatoms. The minimum absolute atomic E-state index is 0.162. The van der Waals surface area contributed by atoms with Crippen LogP contribution in [-0.2, 0) is 0 Å². The number of nitriles is 1. The number of benzene rings is 2. The summed E-state index contributed by atoms with van der Waals surface area (Å²) in [7, 11) is 0. The van der Waals surface area contributed by atoms with Gasteiger partial charge in [0, 0.05) is 15.7 Å². The second kappa shape index (κ2) is 5.85. The van der Waals surface area contributed by atoms with Crippen LogP contribution < -0.4 is 5.32 Å². The van der Waals surface area contributed by atoms with Crippen molar-refractivity contribution in [1.82, 2.24) is 0 Å². The molecule has 96 valence electrons. The molecule has 2 rings (SSSR count). The van der Waals surface area contributed by atoms with Gasteiger partial charge in [-0.05, 0) is 49.4 Å². The summed E-state index contributed by atoms with van der Waals surface area (Å²) in [6.45, 7) is 1.89. The Morgan fingerprint density at radius 3 is 2.53 bits per heavy atom. The van der Waals surface area contributed by atoms with E-state index in [1.807, 2.05) is 19.1 Å². The molecule has 19 heavy (non-hydrogen) atoms. The third-order valence-corrected chi connectivity index (χ3v) is 3.31. The largest absolute Gasteiger partial charge is 0.378 e. The summed E-state index contributed by atoms with van der Waals surface area (Å²) < 4.78 is 14.6. The summed E-state index contributed by atoms with van der Waals surface area (Å²) in [6.07, 6.45) is 0. The SMILES string of the molecule is CC(Nc1ccc(C#N)cc1)c1cc(Br)ccc1F. The fraction of sp³-hybridized carbons (Fsp3) is 0.133. The molecule has 0 aliphatic rings. The summed E-state index contributed by atoms with van der Waals surface area (Å²) >= 11 is 3.34. The first-order chi connectivity index (χ1) is 9.10. The van der Waals surface area contributed by atoms with Crippen molar-refractivity contribution in [1.29, 1.82) is 5.26 Å². The molecule has 0 aromatic heterocycles. The Hall–Kier alpha value is -1.86. The molecule has 0 amide bonds. The van der Waals surface area contributed by atoms with E-state index in [2.05, 4.69) is 27.3 Å². The highest BCUT2D eigenvalue weighted by Gasteiger charge is 2.11. The van der Waals surface area contributed by atoms with Gasteiger partial charge in [0.1, 0.15) is 5.82 Å². The van der Waals surface area contributed by atoms with Crippen molar-refractivity contribution >= 4 is 21.6 Å². The van der Waals surface area contributed by atoms with Gasteiger partial charge in [0.05, 0.1) is 17.7 Å². The minimum atomic E-state index is -0.239. The highest BCUT2D eigenvalue weighted by atomic mass is 79.9. The molecule has 1 unspecified atom stereocenters. The van der Waals surface area contributed by atoms with Crippen LogP contribution in [0.5, 0.6) is 0 Å². The van der Waals surface area contributed by atoms with E-state index in [4.69, 9.17) is 5.26 Å². The van der Waals surface area contributed by atoms with Gasteiger partial charge in [-0.15, -0.1) is 0 Å². The van der Waals surface area contributed by atoms with Crippen LogP contribution in [0.15, 0.2) is 46.9 Å². The molecular weight excluding hydrogens is 307 g/mol. The second-order valence-electron chi connectivity index (χ2n) is 4.22. The smallest absolute Gasteiger partial charge is 0.128 e. The van der Waals surface area contributed by atoms with E-state index in [9.17, 15) is 4.39 Å². The van der Waals surface area contributed by atoms with E-state index in [1.54, 1.807) is 24.3 Å². The number of anilines is 1. The maximum Gasteiger partial charge on any atom is 0.128 e. The van der Waals surface area contributed by atoms with Gasteiger partial charge in [-0.25, -0.2) is 4.39 Å². The zero-order valence-electron chi connectivity index (χ0n) is 10.3. The minimum Gasteiger partial charge on any atom is -0.378 e. The van der Waals surface area contributed by atoms with Gasteiger partial charge < -0.3 is 5.32 Å². The maximum absolute atomic E-state index is 13.7. The molecule has 0 radical (unpaired) electrons. The maximum atomic E-state index is 13.7. The van der Waals surface area contributed by atoms with Gasteiger partial charge in [0.15, 0.2) is 0 Å². The molecule has 0 saturated heterocycles. The van der Waals surface area contributed by atoms with Crippen molar-refractivity contribution in [3.63, 3.8) is 0 Å². The van der Waals surface area contributed by atoms with Crippen LogP contribution >= 0.6 is 15.9 Å². The van der Waals surface area contributed by atoms with Crippen LogP contribution in [0.4, 0.5) is 10.1 Å². The van der Waals surface area contributed by atoms with Crippen molar-refractivity contribution in [2.75, 3.05) is 5.32 Å². The zero-order chi connectivity index (χ0) is 13.8. The Morgan fingerprint density at radius 2 is 1.89 bits per heavy atom. The Kier molecular flexibility index (Phi) is 4.18. The van der Waals surface area contributed by atoms with Crippen LogP contribution in [0.2, 0.25) is 0 Å². The normalized spacial score (nSPS) is 11.7. The third kappa shape index (κ3) is 3.33. The van der Waals surface area contributed by atoms with E-state index in [0.29, 0.717) is 11.1 Å². The fourth-order valence-electron chi connectivity index (χ4n) is 1.82. The van der Waals surface area contributed by atoms with Crippen LogP contribution in [0, 0.1) is 17.1 Å². The predicted octanol–water partition coefficient (Wildman–Crippen LogP) is 4.63. The summed E-state index contributed by atoms with van der Waals surface area (Å²) in [5.41, 5.74) is 2.05. The van der Waals surface area contributed by atoms with Crippen molar-refractivity contribution in [2.45, 2.75) is 13.0 Å². The molecule has 0 aliphatic carbocycles. The van der Waals surface area contributed by atoms with Gasteiger partial charge >= 0.3 is 0 Å². The quantitative estimate of drug-likeness (QED) is 0.895. The van der Waals surface area contributed by atoms with Crippen molar-refractivity contribution in [2.24, 2.45) is 0 Å². The lowest BCUT2D eigenvalue weighted by molar-refractivity contribution is 0.600. The standard InChI is InChI=1S/C15H12BrFN2/c1-10(14-8-12(16)4-7-15(14)17)19-13-5-2-11(9-18)3-6-13/h2-8,10,19H,1H3. The highest BCUT2D eigenvalue weighted by molar-refractivity contribution is 9.10. The predicted molar refractivity (Wildman–Crippen MR) is 77.3 cm³/mol. The molecule has 2 aromatic carbocycles. The van der Waals surface area contributed by atoms with Gasteiger partial charge in [-0.2, -0.15) is 5.26 Å². The average Bonchev–Trinajstić information content (AvgIpc) is 2.42. The zero-order valence-corrected chi connectivity index (χ0v) is 11.9. The molecule has 0 saturated carbocycles. The van der Waals surface area contributed by atoms with Crippen LogP contribution in [0.3, 0.4) is 0 Å². The van der Waals surface area contributed by atoms with E-state index in [1.165, 1.54) is 6.07 Å². The topological polar surface area (TPSA) is 35.8 Å². The summed E-state index contributed by atoms with van der Waals surface area (Å²) in [5.74, 6) is -0.239. The molecule has 2 aromatic rings. The van der Waals surface area contributed by atoms with Crippen molar-refractivity contribution in [3.05, 3.63) is 63.9 Å². The number of nitrogens with one attached hydrogen (secondary N) is 1. The number of hydrogen-bond donors (Lipinski definition) is 1. The Labute approximate surface area is 120 Å². The molecule has 0 aliphatic heterocycles. The van der Waals surface area contributed by atoms with E-state index < -0.39 is 0 Å². The molecule has 0 bridgehead atoms. The summed E-state index contributed by atoms with van der Waals surface area (Å²) in [4.78, 5) is 0. The van der Waals surface area contributed by atoms with Crippen molar-refractivity contribution < 1.29 is 4.39 Å². The third-order valence-electron chi connectivity index (χ3n) is 2.82. The summed E-state index contributed by atoms with van der Waals surface area (Å²) in [5, 5.41) is 11.9. The van der Waals surface area contributed by atoms with Gasteiger partial charge in [-0.3, -0.25) is 0 Å². The lowest BCUT2D eigenvalue weighted by Gasteiger charge is -2.16. The molecule has 0 fully saturated rings. The number of rotatable bonds is 3. The Balaban J connectivity index is 2.18. The van der Waals surface area contributed by atoms with E-state index >= 15 is 0 Å². The highest BCUT2D eigenvalue weighted by Crippen LogP contribution is 2.24. The van der Waals surface area contributed by atoms with Crippen LogP contribution in [0.1, 0.15) is 24.1 Å². The number of hydrogen-bond acceptors (Lipinski definition) is 2. The van der Waals surface area contributed by atoms with Crippen molar-refractivity contribution in [3.8, 4) is 6.07 Å². The number of halogens is 2. The average molecular weight is 319 g/mol. The first-order valence-corrected chi connectivity index (χ1v) is 6.61. The second-order valence-corrected chi connectivity index (χ2v) is 5.14. The van der Waals surface area contributed by atoms with Gasteiger partial charge in [-0.1, -0.05) is 15.9 Å². The van der Waals surface area contributed by atoms with Crippen LogP contribution in [0.25, 0.3) is 0 Å². The molecule has 0 spiro atoms. The first-order valence-electron chi connectivity index (χ1n) is 5.82. The van der Waals surface area contributed by atoms with Gasteiger partial charge in [0.25, 0.3) is 0 Å². The molecule has 1 atom stereocenters. The van der Waals surface area contributed by atoms with Gasteiger partial charge in [0.2, 0.25) is 0 Å². The lowest BCUT2D eigenvalue weighted by atomic mass is 10.1. The monoisotopic (exact) mass is 318 g/mol. The van der Waals surface area contributed by atoms with E-state index in [-0.39, 0.29) is 11.9 Å². The molecule has 2 nitrogen and oxygen atoms in total. The Bertz CT molecular complexity index is 617. The lowest BCUT2D eigenvalue weighted by Crippen LogP contribution is -2.08. The summed E-state index contributed by atoms with van der Waals surface area (Å²) in [6, 6.07) is 13.9. The Morgan fingerprint density at radius 1 is 1.21 bits per heavy atom. The number of nitrogens with zero attached hydrogens (tertiary/aromatic N) is 1. The molecule has 1 N–H and O–H groups in total. The molecule has 0 heterocycles. The fourth-order valence-corrected chi connectivity index (χ4v) is 2.19. The van der Waals surface area contributed by atoms with E-state index in [0.717, 1.165) is 10.2 Å². The first kappa shape index (κ1) is 13.6. The molecular formula is C15H12BrFN2. The van der Waals surface area contributed by atoms with Crippen LogP contribution in [-0.4, -0.2) is 0 Å².